The number of hydrogen-bond acceptors (Lipinski definition) is 2. The van der Waals surface area contributed by atoms with E-state index in [9.17, 15) is 13.2 Å². The molecule has 94 valence electrons. The van der Waals surface area contributed by atoms with Gasteiger partial charge in [-0.25, -0.2) is 0 Å². The Labute approximate surface area is 103 Å². The summed E-state index contributed by atoms with van der Waals surface area (Å²) in [5.74, 6) is 0. The molecule has 0 bridgehead atoms. The molecule has 1 nitrogen and oxygen atoms in total. The molecule has 1 atom stereocenters. The van der Waals surface area contributed by atoms with Crippen molar-refractivity contribution in [2.24, 2.45) is 0 Å². The predicted octanol–water partition coefficient (Wildman–Crippen LogP) is 4.11. The number of rotatable bonds is 2. The molecule has 0 amide bonds. The summed E-state index contributed by atoms with van der Waals surface area (Å²) < 4.78 is 36.8. The van der Waals surface area contributed by atoms with Crippen LogP contribution in [0, 0.1) is 0 Å². The Morgan fingerprint density at radius 2 is 2.06 bits per heavy atom. The molecular weight excluding hydrogens is 247 g/mol. The van der Waals surface area contributed by atoms with Crippen molar-refractivity contribution in [1.29, 1.82) is 0 Å². The van der Waals surface area contributed by atoms with Crippen LogP contribution in [0.2, 0.25) is 0 Å². The third-order valence-corrected chi connectivity index (χ3v) is 3.53. The molecule has 1 saturated heterocycles. The predicted molar refractivity (Wildman–Crippen MR) is 62.9 cm³/mol. The van der Waals surface area contributed by atoms with Crippen molar-refractivity contribution in [3.05, 3.63) is 29.8 Å². The Balaban J connectivity index is 2.10. The monoisotopic (exact) mass is 261 g/mol. The molecule has 17 heavy (non-hydrogen) atoms. The van der Waals surface area contributed by atoms with Gasteiger partial charge in [-0.15, -0.1) is 0 Å². The van der Waals surface area contributed by atoms with Crippen LogP contribution in [0.5, 0.6) is 0 Å². The highest BCUT2D eigenvalue weighted by atomic mass is 32.2. The Hall–Kier alpha value is -0.680. The first-order valence-corrected chi connectivity index (χ1v) is 6.45. The van der Waals surface area contributed by atoms with Gasteiger partial charge in [-0.1, -0.05) is 18.6 Å². The van der Waals surface area contributed by atoms with Crippen molar-refractivity contribution < 1.29 is 13.2 Å². The summed E-state index contributed by atoms with van der Waals surface area (Å²) >= 11 is -0.0489. The van der Waals surface area contributed by atoms with Gasteiger partial charge in [0.05, 0.1) is 0 Å². The van der Waals surface area contributed by atoms with Crippen molar-refractivity contribution >= 4 is 11.8 Å². The van der Waals surface area contributed by atoms with Crippen molar-refractivity contribution in [3.8, 4) is 0 Å². The zero-order valence-electron chi connectivity index (χ0n) is 9.26. The summed E-state index contributed by atoms with van der Waals surface area (Å²) in [6, 6.07) is 6.94. The lowest BCUT2D eigenvalue weighted by Crippen LogP contribution is -2.26. The lowest BCUT2D eigenvalue weighted by molar-refractivity contribution is -0.0328. The topological polar surface area (TPSA) is 12.0 Å². The Bertz CT molecular complexity index is 372. The number of nitrogens with one attached hydrogen (secondary N) is 1. The van der Waals surface area contributed by atoms with Crippen LogP contribution >= 0.6 is 11.8 Å². The third-order valence-electron chi connectivity index (χ3n) is 2.80. The highest BCUT2D eigenvalue weighted by Crippen LogP contribution is 2.37. The molecule has 1 aromatic carbocycles. The van der Waals surface area contributed by atoms with Gasteiger partial charge in [0.15, 0.2) is 0 Å². The standard InChI is InChI=1S/C12H14F3NS/c13-12(14,15)17-10-5-3-4-9(8-10)11-6-1-2-7-16-11/h3-5,8,11,16H,1-2,6-7H2. The molecule has 1 aliphatic heterocycles. The Kier molecular flexibility index (Phi) is 3.99. The van der Waals surface area contributed by atoms with Gasteiger partial charge in [-0.05, 0) is 48.8 Å². The van der Waals surface area contributed by atoms with E-state index in [1.807, 2.05) is 6.07 Å². The molecule has 1 unspecified atom stereocenters. The average Bonchev–Trinajstić information content (AvgIpc) is 2.28. The molecule has 0 spiro atoms. The fraction of sp³-hybridized carbons (Fsp3) is 0.500. The van der Waals surface area contributed by atoms with Crippen molar-refractivity contribution in [2.75, 3.05) is 6.54 Å². The van der Waals surface area contributed by atoms with Crippen LogP contribution in [0.3, 0.4) is 0 Å². The van der Waals surface area contributed by atoms with Gasteiger partial charge in [0.25, 0.3) is 0 Å². The molecule has 0 saturated carbocycles. The number of hydrogen-bond donors (Lipinski definition) is 1. The van der Waals surface area contributed by atoms with E-state index in [0.29, 0.717) is 0 Å². The molecule has 1 fully saturated rings. The molecule has 0 aromatic heterocycles. The van der Waals surface area contributed by atoms with Crippen molar-refractivity contribution in [3.63, 3.8) is 0 Å². The molecule has 1 aromatic rings. The van der Waals surface area contributed by atoms with E-state index in [1.54, 1.807) is 12.1 Å². The molecule has 1 heterocycles. The number of thioether (sulfide) groups is 1. The lowest BCUT2D eigenvalue weighted by atomic mass is 9.98. The Morgan fingerprint density at radius 3 is 2.71 bits per heavy atom. The first-order valence-electron chi connectivity index (χ1n) is 5.64. The lowest BCUT2D eigenvalue weighted by Gasteiger charge is -2.24. The van der Waals surface area contributed by atoms with Crippen LogP contribution < -0.4 is 5.32 Å². The van der Waals surface area contributed by atoms with Gasteiger partial charge < -0.3 is 5.32 Å². The van der Waals surface area contributed by atoms with E-state index in [-0.39, 0.29) is 22.7 Å². The largest absolute Gasteiger partial charge is 0.446 e. The molecular formula is C12H14F3NS. The highest BCUT2D eigenvalue weighted by Gasteiger charge is 2.29. The first kappa shape index (κ1) is 12.8. The fourth-order valence-corrected chi connectivity index (χ4v) is 2.67. The number of alkyl halides is 3. The fourth-order valence-electron chi connectivity index (χ4n) is 2.06. The summed E-state index contributed by atoms with van der Waals surface area (Å²) in [5, 5.41) is 3.33. The molecule has 0 radical (unpaired) electrons. The van der Waals surface area contributed by atoms with Gasteiger partial charge >= 0.3 is 5.51 Å². The minimum atomic E-state index is -4.21. The second-order valence-electron chi connectivity index (χ2n) is 4.12. The van der Waals surface area contributed by atoms with E-state index in [0.717, 1.165) is 31.4 Å². The highest BCUT2D eigenvalue weighted by molar-refractivity contribution is 8.00. The maximum atomic E-state index is 12.3. The number of halogens is 3. The number of benzene rings is 1. The third kappa shape index (κ3) is 3.92. The minimum absolute atomic E-state index is 0.0489. The second kappa shape index (κ2) is 5.31. The summed E-state index contributed by atoms with van der Waals surface area (Å²) in [4.78, 5) is 0.266. The van der Waals surface area contributed by atoms with E-state index in [2.05, 4.69) is 5.32 Å². The van der Waals surface area contributed by atoms with Gasteiger partial charge in [-0.3, -0.25) is 0 Å². The molecule has 0 aliphatic carbocycles. The maximum absolute atomic E-state index is 12.3. The number of piperidine rings is 1. The van der Waals surface area contributed by atoms with Gasteiger partial charge in [-0.2, -0.15) is 13.2 Å². The van der Waals surface area contributed by atoms with Crippen molar-refractivity contribution in [2.45, 2.75) is 35.7 Å². The smallest absolute Gasteiger partial charge is 0.310 e. The van der Waals surface area contributed by atoms with Crippen LogP contribution in [0.1, 0.15) is 30.9 Å². The maximum Gasteiger partial charge on any atom is 0.446 e. The molecule has 1 N–H and O–H groups in total. The van der Waals surface area contributed by atoms with Gasteiger partial charge in [0.2, 0.25) is 0 Å². The van der Waals surface area contributed by atoms with E-state index in [4.69, 9.17) is 0 Å². The van der Waals surface area contributed by atoms with Crippen LogP contribution in [0.25, 0.3) is 0 Å². The molecule has 5 heteroatoms. The molecule has 1 aliphatic rings. The zero-order valence-corrected chi connectivity index (χ0v) is 10.1. The quantitative estimate of drug-likeness (QED) is 0.804. The Morgan fingerprint density at radius 1 is 1.24 bits per heavy atom. The zero-order chi connectivity index (χ0) is 12.3. The summed E-state index contributed by atoms with van der Waals surface area (Å²) in [6.07, 6.45) is 3.28. The van der Waals surface area contributed by atoms with Crippen LogP contribution in [-0.2, 0) is 0 Å². The van der Waals surface area contributed by atoms with Crippen LogP contribution in [0.4, 0.5) is 13.2 Å². The SMILES string of the molecule is FC(F)(F)Sc1cccc(C2CCCCN2)c1. The first-order chi connectivity index (χ1) is 8.04. The van der Waals surface area contributed by atoms with Gasteiger partial charge in [0.1, 0.15) is 0 Å². The van der Waals surface area contributed by atoms with Gasteiger partial charge in [0, 0.05) is 10.9 Å². The van der Waals surface area contributed by atoms with Crippen LogP contribution in [-0.4, -0.2) is 12.1 Å². The van der Waals surface area contributed by atoms with E-state index >= 15 is 0 Å². The summed E-state index contributed by atoms with van der Waals surface area (Å²) in [7, 11) is 0. The van der Waals surface area contributed by atoms with E-state index in [1.165, 1.54) is 6.07 Å². The summed E-state index contributed by atoms with van der Waals surface area (Å²) in [5.41, 5.74) is -3.25. The van der Waals surface area contributed by atoms with Crippen LogP contribution in [0.15, 0.2) is 29.2 Å². The van der Waals surface area contributed by atoms with Crippen molar-refractivity contribution in [1.82, 2.24) is 5.32 Å². The average molecular weight is 261 g/mol. The molecule has 2 rings (SSSR count). The minimum Gasteiger partial charge on any atom is -0.310 e. The second-order valence-corrected chi connectivity index (χ2v) is 5.26. The van der Waals surface area contributed by atoms with E-state index < -0.39 is 5.51 Å². The normalized spacial score (nSPS) is 21.5. The summed E-state index contributed by atoms with van der Waals surface area (Å²) in [6.45, 7) is 0.946.